The van der Waals surface area contributed by atoms with Gasteiger partial charge in [-0.05, 0) is 61.0 Å². The first-order valence-electron chi connectivity index (χ1n) is 12.0. The number of hydrogen-bond acceptors (Lipinski definition) is 6. The summed E-state index contributed by atoms with van der Waals surface area (Å²) in [6.07, 6.45) is 5.48. The molecule has 0 atom stereocenters. The zero-order valence-corrected chi connectivity index (χ0v) is 20.5. The molecule has 0 spiro atoms. The Morgan fingerprint density at radius 2 is 1.78 bits per heavy atom. The van der Waals surface area contributed by atoms with Crippen LogP contribution in [0, 0.1) is 6.92 Å². The Morgan fingerprint density at radius 3 is 2.64 bits per heavy atom. The molecule has 0 unspecified atom stereocenters. The number of carbonyl (C=O) groups is 1. The Bertz CT molecular complexity index is 1350. The predicted molar refractivity (Wildman–Crippen MR) is 137 cm³/mol. The van der Waals surface area contributed by atoms with Crippen LogP contribution in [0.4, 0.5) is 0 Å². The minimum Gasteiger partial charge on any atom is -0.488 e. The van der Waals surface area contributed by atoms with Crippen molar-refractivity contribution in [3.63, 3.8) is 0 Å². The number of aromatic nitrogens is 3. The van der Waals surface area contributed by atoms with Gasteiger partial charge >= 0.3 is 0 Å². The Hall–Kier alpha value is -4.17. The van der Waals surface area contributed by atoms with Crippen LogP contribution in [0.3, 0.4) is 0 Å². The number of amides is 1. The molecular formula is C28H29N5O3. The quantitative estimate of drug-likeness (QED) is 0.432. The van der Waals surface area contributed by atoms with Gasteiger partial charge in [-0.25, -0.2) is 9.97 Å². The first-order valence-corrected chi connectivity index (χ1v) is 12.0. The molecule has 8 nitrogen and oxygen atoms in total. The molecule has 0 bridgehead atoms. The van der Waals surface area contributed by atoms with E-state index in [4.69, 9.17) is 9.47 Å². The molecule has 0 radical (unpaired) electrons. The van der Waals surface area contributed by atoms with Crippen molar-refractivity contribution in [2.24, 2.45) is 0 Å². The van der Waals surface area contributed by atoms with Gasteiger partial charge in [0.15, 0.2) is 11.5 Å². The number of nitrogens with zero attached hydrogens (tertiary/aromatic N) is 5. The minimum absolute atomic E-state index is 0.136. The topological polar surface area (TPSA) is 72.7 Å². The summed E-state index contributed by atoms with van der Waals surface area (Å²) in [5.41, 5.74) is 2.69. The highest BCUT2D eigenvalue weighted by molar-refractivity contribution is 5.96. The second-order valence-electron chi connectivity index (χ2n) is 8.82. The summed E-state index contributed by atoms with van der Waals surface area (Å²) in [7, 11) is 1.81. The lowest BCUT2D eigenvalue weighted by molar-refractivity contribution is 0.0770. The summed E-state index contributed by atoms with van der Waals surface area (Å²) in [6, 6.07) is 19.1. The van der Waals surface area contributed by atoms with E-state index in [9.17, 15) is 4.79 Å². The predicted octanol–water partition coefficient (Wildman–Crippen LogP) is 4.33. The van der Waals surface area contributed by atoms with Crippen LogP contribution in [-0.2, 0) is 6.54 Å². The maximum absolute atomic E-state index is 13.3. The largest absolute Gasteiger partial charge is 0.488 e. The smallest absolute Gasteiger partial charge is 0.259 e. The SMILES string of the molecule is Cc1ccnc(-n2cccc2CN2CCOc3ccccc3Oc3ncccc3C(=O)N(C)CC2)c1. The summed E-state index contributed by atoms with van der Waals surface area (Å²) in [5.74, 6) is 2.16. The van der Waals surface area contributed by atoms with Gasteiger partial charge in [0.25, 0.3) is 5.91 Å². The van der Waals surface area contributed by atoms with Gasteiger partial charge in [0.05, 0.1) is 0 Å². The number of pyridine rings is 2. The van der Waals surface area contributed by atoms with Crippen LogP contribution >= 0.6 is 0 Å². The highest BCUT2D eigenvalue weighted by Crippen LogP contribution is 2.32. The summed E-state index contributed by atoms with van der Waals surface area (Å²) >= 11 is 0. The van der Waals surface area contributed by atoms with E-state index in [0.717, 1.165) is 17.1 Å². The van der Waals surface area contributed by atoms with Crippen molar-refractivity contribution in [2.75, 3.05) is 33.3 Å². The molecule has 1 aliphatic rings. The van der Waals surface area contributed by atoms with Crippen LogP contribution in [0.1, 0.15) is 21.6 Å². The van der Waals surface area contributed by atoms with E-state index in [2.05, 4.69) is 38.5 Å². The Morgan fingerprint density at radius 1 is 0.917 bits per heavy atom. The molecule has 3 aromatic heterocycles. The fourth-order valence-electron chi connectivity index (χ4n) is 4.20. The second-order valence-corrected chi connectivity index (χ2v) is 8.82. The van der Waals surface area contributed by atoms with E-state index in [1.54, 1.807) is 30.3 Å². The van der Waals surface area contributed by atoms with Crippen molar-refractivity contribution >= 4 is 5.91 Å². The minimum atomic E-state index is -0.136. The first-order chi connectivity index (χ1) is 17.6. The molecule has 1 amide bonds. The molecule has 8 heteroatoms. The third-order valence-electron chi connectivity index (χ3n) is 6.19. The van der Waals surface area contributed by atoms with Gasteiger partial charge < -0.3 is 18.9 Å². The highest BCUT2D eigenvalue weighted by Gasteiger charge is 2.21. The molecule has 1 aliphatic heterocycles. The van der Waals surface area contributed by atoms with Crippen molar-refractivity contribution in [1.29, 1.82) is 0 Å². The van der Waals surface area contributed by atoms with Crippen LogP contribution in [0.15, 0.2) is 79.3 Å². The van der Waals surface area contributed by atoms with Crippen LogP contribution < -0.4 is 9.47 Å². The molecule has 4 heterocycles. The molecular weight excluding hydrogens is 454 g/mol. The van der Waals surface area contributed by atoms with Gasteiger partial charge in [-0.3, -0.25) is 9.69 Å². The molecule has 0 fully saturated rings. The molecule has 36 heavy (non-hydrogen) atoms. The Labute approximate surface area is 210 Å². The molecule has 0 aliphatic carbocycles. The zero-order valence-electron chi connectivity index (χ0n) is 20.5. The first kappa shape index (κ1) is 23.6. The Kier molecular flexibility index (Phi) is 6.95. The molecule has 0 saturated heterocycles. The van der Waals surface area contributed by atoms with E-state index in [0.29, 0.717) is 49.8 Å². The van der Waals surface area contributed by atoms with Crippen molar-refractivity contribution < 1.29 is 14.3 Å². The number of ether oxygens (including phenoxy) is 2. The number of hydrogen-bond donors (Lipinski definition) is 0. The van der Waals surface area contributed by atoms with Crippen molar-refractivity contribution in [1.82, 2.24) is 24.3 Å². The normalized spacial score (nSPS) is 14.9. The lowest BCUT2D eigenvalue weighted by Crippen LogP contribution is -2.38. The van der Waals surface area contributed by atoms with Crippen LogP contribution in [0.25, 0.3) is 5.82 Å². The monoisotopic (exact) mass is 483 g/mol. The van der Waals surface area contributed by atoms with Crippen molar-refractivity contribution in [3.8, 4) is 23.2 Å². The lowest BCUT2D eigenvalue weighted by Gasteiger charge is -2.26. The number of para-hydroxylation sites is 2. The number of fused-ring (bicyclic) bond motifs is 2. The average molecular weight is 484 g/mol. The third kappa shape index (κ3) is 5.23. The van der Waals surface area contributed by atoms with Gasteiger partial charge in [-0.15, -0.1) is 0 Å². The summed E-state index contributed by atoms with van der Waals surface area (Å²) in [6.45, 7) is 5.11. The average Bonchev–Trinajstić information content (AvgIpc) is 3.35. The molecule has 4 aromatic rings. The van der Waals surface area contributed by atoms with Gasteiger partial charge in [0.2, 0.25) is 5.88 Å². The van der Waals surface area contributed by atoms with E-state index < -0.39 is 0 Å². The zero-order chi connectivity index (χ0) is 24.9. The van der Waals surface area contributed by atoms with Crippen LogP contribution in [0.5, 0.6) is 17.4 Å². The van der Waals surface area contributed by atoms with E-state index in [-0.39, 0.29) is 11.8 Å². The van der Waals surface area contributed by atoms with Gasteiger partial charge in [-0.1, -0.05) is 12.1 Å². The van der Waals surface area contributed by atoms with Gasteiger partial charge in [0.1, 0.15) is 18.0 Å². The summed E-state index contributed by atoms with van der Waals surface area (Å²) in [4.78, 5) is 26.2. The lowest BCUT2D eigenvalue weighted by atomic mass is 10.2. The maximum atomic E-state index is 13.3. The fourth-order valence-corrected chi connectivity index (χ4v) is 4.20. The highest BCUT2D eigenvalue weighted by atomic mass is 16.5. The maximum Gasteiger partial charge on any atom is 0.259 e. The van der Waals surface area contributed by atoms with E-state index in [1.165, 1.54) is 0 Å². The number of likely N-dealkylation sites (N-methyl/N-ethyl adjacent to an activating group) is 1. The standard InChI is InChI=1S/C28H29N5O3/c1-21-11-13-29-26(19-21)33-14-6-7-22(33)20-32-16-15-31(2)28(34)23-8-5-12-30-27(23)36-25-10-4-3-9-24(25)35-18-17-32/h3-14,19H,15-18,20H2,1-2H3. The van der Waals surface area contributed by atoms with Gasteiger partial charge in [0, 0.05) is 57.5 Å². The third-order valence-corrected chi connectivity index (χ3v) is 6.19. The van der Waals surface area contributed by atoms with E-state index in [1.807, 2.05) is 48.8 Å². The van der Waals surface area contributed by atoms with Crippen LogP contribution in [0.2, 0.25) is 0 Å². The number of rotatable bonds is 3. The molecule has 0 N–H and O–H groups in total. The number of carbonyl (C=O) groups excluding carboxylic acids is 1. The molecule has 184 valence electrons. The number of benzene rings is 1. The van der Waals surface area contributed by atoms with Crippen molar-refractivity contribution in [3.05, 3.63) is 96.1 Å². The van der Waals surface area contributed by atoms with Crippen LogP contribution in [-0.4, -0.2) is 63.5 Å². The molecule has 0 saturated carbocycles. The Balaban J connectivity index is 1.42. The van der Waals surface area contributed by atoms with Crippen molar-refractivity contribution in [2.45, 2.75) is 13.5 Å². The second kappa shape index (κ2) is 10.6. The molecule has 1 aromatic carbocycles. The van der Waals surface area contributed by atoms with E-state index >= 15 is 0 Å². The number of aryl methyl sites for hydroxylation is 1. The molecule has 5 rings (SSSR count). The van der Waals surface area contributed by atoms with Gasteiger partial charge in [-0.2, -0.15) is 0 Å². The summed E-state index contributed by atoms with van der Waals surface area (Å²) in [5, 5.41) is 0. The summed E-state index contributed by atoms with van der Waals surface area (Å²) < 4.78 is 14.3. The fraction of sp³-hybridized carbons (Fsp3) is 0.250.